The summed E-state index contributed by atoms with van der Waals surface area (Å²) in [6.45, 7) is 2.36. The molecule has 6 nitrogen and oxygen atoms in total. The molecule has 116 valence electrons. The van der Waals surface area contributed by atoms with Crippen LogP contribution in [0.3, 0.4) is 0 Å². The van der Waals surface area contributed by atoms with Crippen LogP contribution < -0.4 is 20.9 Å². The Labute approximate surface area is 124 Å². The summed E-state index contributed by atoms with van der Waals surface area (Å²) >= 11 is 0. The van der Waals surface area contributed by atoms with E-state index in [-0.39, 0.29) is 31.6 Å². The van der Waals surface area contributed by atoms with Gasteiger partial charge in [-0.3, -0.25) is 0 Å². The molecule has 1 fully saturated rings. The Balaban J connectivity index is 2.01. The summed E-state index contributed by atoms with van der Waals surface area (Å²) in [7, 11) is -3.20. The van der Waals surface area contributed by atoms with E-state index in [2.05, 4.69) is 0 Å². The van der Waals surface area contributed by atoms with Gasteiger partial charge in [0.05, 0.1) is 5.25 Å². The van der Waals surface area contributed by atoms with Gasteiger partial charge in [0.1, 0.15) is 0 Å². The molecule has 0 bridgehead atoms. The van der Waals surface area contributed by atoms with E-state index in [4.69, 9.17) is 20.9 Å². The van der Waals surface area contributed by atoms with Gasteiger partial charge in [0.25, 0.3) is 0 Å². The minimum absolute atomic E-state index is 0.0977. The van der Waals surface area contributed by atoms with Crippen LogP contribution in [0.2, 0.25) is 0 Å². The normalized spacial score (nSPS) is 25.9. The zero-order valence-electron chi connectivity index (χ0n) is 11.9. The first kappa shape index (κ1) is 14.6. The van der Waals surface area contributed by atoms with Crippen molar-refractivity contribution in [3.63, 3.8) is 0 Å². The molecular weight excluding hydrogens is 292 g/mol. The fraction of sp³-hybridized carbons (Fsp3) is 0.571. The van der Waals surface area contributed by atoms with Crippen molar-refractivity contribution in [2.75, 3.05) is 25.6 Å². The number of benzene rings is 1. The quantitative estimate of drug-likeness (QED) is 0.806. The van der Waals surface area contributed by atoms with Crippen molar-refractivity contribution in [1.29, 1.82) is 0 Å². The second-order valence-electron chi connectivity index (χ2n) is 5.60. The third-order valence-electron chi connectivity index (χ3n) is 4.68. The van der Waals surface area contributed by atoms with Gasteiger partial charge >= 0.3 is 0 Å². The van der Waals surface area contributed by atoms with Gasteiger partial charge in [-0.1, -0.05) is 13.0 Å². The third kappa shape index (κ3) is 2.03. The summed E-state index contributed by atoms with van der Waals surface area (Å²) < 4.78 is 35.3. The lowest BCUT2D eigenvalue weighted by molar-refractivity contribution is 0.174. The van der Waals surface area contributed by atoms with Gasteiger partial charge in [-0.2, -0.15) is 0 Å². The summed E-state index contributed by atoms with van der Waals surface area (Å²) in [5.41, 5.74) is 12.1. The predicted octanol–water partition coefficient (Wildman–Crippen LogP) is 0.220. The lowest BCUT2D eigenvalue weighted by Gasteiger charge is -2.12. The summed E-state index contributed by atoms with van der Waals surface area (Å²) in [6, 6.07) is 5.53. The van der Waals surface area contributed by atoms with Gasteiger partial charge in [-0.25, -0.2) is 8.42 Å². The second kappa shape index (κ2) is 4.86. The summed E-state index contributed by atoms with van der Waals surface area (Å²) in [6.07, 6.45) is 0. The van der Waals surface area contributed by atoms with Crippen LogP contribution in [0, 0.1) is 5.41 Å². The molecule has 0 aromatic heterocycles. The van der Waals surface area contributed by atoms with Crippen molar-refractivity contribution >= 4 is 9.84 Å². The first-order valence-electron chi connectivity index (χ1n) is 7.01. The highest BCUT2D eigenvalue weighted by atomic mass is 32.2. The zero-order chi connectivity index (χ0) is 15.3. The maximum absolute atomic E-state index is 12.3. The molecule has 0 spiro atoms. The lowest BCUT2D eigenvalue weighted by Crippen LogP contribution is -2.31. The molecule has 0 amide bonds. The summed E-state index contributed by atoms with van der Waals surface area (Å²) in [4.78, 5) is 0. The molecule has 1 aliphatic heterocycles. The molecule has 2 atom stereocenters. The molecule has 3 rings (SSSR count). The minimum atomic E-state index is -3.20. The van der Waals surface area contributed by atoms with Crippen LogP contribution in [0.1, 0.15) is 18.4 Å². The summed E-state index contributed by atoms with van der Waals surface area (Å²) in [5, 5.41) is -0.509. The number of nitrogens with two attached hydrogens (primary N) is 2. The van der Waals surface area contributed by atoms with Gasteiger partial charge in [-0.05, 0) is 17.7 Å². The van der Waals surface area contributed by atoms with Gasteiger partial charge in [0.2, 0.25) is 6.79 Å². The zero-order valence-corrected chi connectivity index (χ0v) is 12.7. The first-order chi connectivity index (χ1) is 10.00. The molecule has 0 radical (unpaired) electrons. The van der Waals surface area contributed by atoms with Crippen molar-refractivity contribution in [2.24, 2.45) is 16.9 Å². The van der Waals surface area contributed by atoms with Crippen molar-refractivity contribution in [2.45, 2.75) is 18.1 Å². The van der Waals surface area contributed by atoms with E-state index in [1.165, 1.54) is 0 Å². The van der Waals surface area contributed by atoms with E-state index in [9.17, 15) is 8.42 Å². The van der Waals surface area contributed by atoms with Gasteiger partial charge in [0, 0.05) is 30.2 Å². The fourth-order valence-corrected chi connectivity index (χ4v) is 5.56. The number of ether oxygens (including phenoxy) is 2. The Morgan fingerprint density at radius 3 is 2.52 bits per heavy atom. The van der Waals surface area contributed by atoms with Crippen molar-refractivity contribution in [1.82, 2.24) is 0 Å². The largest absolute Gasteiger partial charge is 0.454 e. The standard InChI is InChI=1S/C14H20N2O4S/c1-2-21(17,18)13-12(14(13,6-15)7-16)9-3-4-10-11(5-9)20-8-19-10/h3-5,12-13H,2,6-8,15-16H2,1H3/t12-,13-/m1/s1. The minimum Gasteiger partial charge on any atom is -0.454 e. The van der Waals surface area contributed by atoms with Crippen LogP contribution in [0.4, 0.5) is 0 Å². The Hall–Kier alpha value is -1.31. The van der Waals surface area contributed by atoms with Crippen LogP contribution >= 0.6 is 0 Å². The monoisotopic (exact) mass is 312 g/mol. The van der Waals surface area contributed by atoms with Crippen LogP contribution in [-0.4, -0.2) is 39.3 Å². The first-order valence-corrected chi connectivity index (χ1v) is 8.73. The molecule has 4 N–H and O–H groups in total. The summed E-state index contributed by atoms with van der Waals surface area (Å²) in [5.74, 6) is 1.25. The van der Waals surface area contributed by atoms with Gasteiger partial charge in [-0.15, -0.1) is 0 Å². The predicted molar refractivity (Wildman–Crippen MR) is 79.1 cm³/mol. The highest BCUT2D eigenvalue weighted by Gasteiger charge is 2.68. The number of rotatable bonds is 5. The van der Waals surface area contributed by atoms with E-state index in [1.807, 2.05) is 18.2 Å². The Kier molecular flexibility index (Phi) is 3.38. The Bertz CT molecular complexity index is 655. The number of sulfone groups is 1. The molecule has 21 heavy (non-hydrogen) atoms. The van der Waals surface area contributed by atoms with Gasteiger partial charge in [0.15, 0.2) is 21.3 Å². The third-order valence-corrected chi connectivity index (χ3v) is 7.00. The number of fused-ring (bicyclic) bond motifs is 1. The highest BCUT2D eigenvalue weighted by Crippen LogP contribution is 2.62. The van der Waals surface area contributed by atoms with E-state index >= 15 is 0 Å². The second-order valence-corrected chi connectivity index (χ2v) is 8.01. The average Bonchev–Trinajstić information content (AvgIpc) is 2.98. The van der Waals surface area contributed by atoms with E-state index in [0.717, 1.165) is 5.56 Å². The molecule has 1 aromatic carbocycles. The highest BCUT2D eigenvalue weighted by molar-refractivity contribution is 7.92. The molecule has 1 saturated carbocycles. The molecule has 1 aromatic rings. The fourth-order valence-electron chi connectivity index (χ4n) is 3.38. The van der Waals surface area contributed by atoms with E-state index < -0.39 is 20.5 Å². The molecule has 1 aliphatic carbocycles. The molecule has 2 aliphatic rings. The van der Waals surface area contributed by atoms with Crippen molar-refractivity contribution < 1.29 is 17.9 Å². The maximum Gasteiger partial charge on any atom is 0.231 e. The average molecular weight is 312 g/mol. The number of hydrogen-bond acceptors (Lipinski definition) is 6. The van der Waals surface area contributed by atoms with Crippen LogP contribution in [-0.2, 0) is 9.84 Å². The topological polar surface area (TPSA) is 105 Å². The molecular formula is C14H20N2O4S. The smallest absolute Gasteiger partial charge is 0.231 e. The Morgan fingerprint density at radius 2 is 1.90 bits per heavy atom. The Morgan fingerprint density at radius 1 is 1.24 bits per heavy atom. The van der Waals surface area contributed by atoms with Crippen LogP contribution in [0.15, 0.2) is 18.2 Å². The van der Waals surface area contributed by atoms with Gasteiger partial charge < -0.3 is 20.9 Å². The maximum atomic E-state index is 12.3. The molecule has 7 heteroatoms. The van der Waals surface area contributed by atoms with Crippen molar-refractivity contribution in [3.05, 3.63) is 23.8 Å². The number of hydrogen-bond donors (Lipinski definition) is 2. The molecule has 0 unspecified atom stereocenters. The lowest BCUT2D eigenvalue weighted by atomic mass is 9.99. The van der Waals surface area contributed by atoms with E-state index in [1.54, 1.807) is 6.92 Å². The molecule has 0 saturated heterocycles. The van der Waals surface area contributed by atoms with Crippen LogP contribution in [0.5, 0.6) is 11.5 Å². The van der Waals surface area contributed by atoms with Crippen LogP contribution in [0.25, 0.3) is 0 Å². The van der Waals surface area contributed by atoms with Crippen molar-refractivity contribution in [3.8, 4) is 11.5 Å². The molecule has 1 heterocycles. The van der Waals surface area contributed by atoms with E-state index in [0.29, 0.717) is 11.5 Å². The SMILES string of the molecule is CCS(=O)(=O)[C@@H]1[C@@H](c2ccc3c(c2)OCO3)C1(CN)CN.